The van der Waals surface area contributed by atoms with Crippen LogP contribution in [0.15, 0.2) is 54.7 Å². The Labute approximate surface area is 293 Å². The van der Waals surface area contributed by atoms with E-state index in [0.717, 1.165) is 54.9 Å². The minimum absolute atomic E-state index is 0.209. The summed E-state index contributed by atoms with van der Waals surface area (Å²) in [5, 5.41) is 22.8. The molecule has 1 N–H and O–H groups in total. The molecule has 4 aromatic heterocycles. The monoisotopic (exact) mass is 705 g/mol. The van der Waals surface area contributed by atoms with Gasteiger partial charge in [-0.05, 0) is 74.6 Å². The first-order valence-electron chi connectivity index (χ1n) is 16.6. The van der Waals surface area contributed by atoms with Gasteiger partial charge in [0.05, 0.1) is 36.0 Å². The minimum Gasteiger partial charge on any atom is -0.487 e. The van der Waals surface area contributed by atoms with Crippen LogP contribution < -0.4 is 14.8 Å². The van der Waals surface area contributed by atoms with Crippen LogP contribution in [0.25, 0.3) is 11.1 Å². The maximum atomic E-state index is 6.47. The predicted molar refractivity (Wildman–Crippen MR) is 185 cm³/mol. The molecule has 1 saturated carbocycles. The number of hydrogen-bond donors (Lipinski definition) is 1. The fourth-order valence-corrected chi connectivity index (χ4v) is 7.32. The van der Waals surface area contributed by atoms with Crippen molar-refractivity contribution >= 4 is 34.6 Å². The lowest BCUT2D eigenvalue weighted by atomic mass is 9.89. The summed E-state index contributed by atoms with van der Waals surface area (Å²) < 4.78 is 21.9. The Morgan fingerprint density at radius 1 is 1.04 bits per heavy atom. The molecule has 2 fully saturated rings. The average molecular weight is 706 g/mol. The summed E-state index contributed by atoms with van der Waals surface area (Å²) in [5.74, 6) is 1.48. The molecule has 0 radical (unpaired) electrons. The van der Waals surface area contributed by atoms with Crippen LogP contribution in [-0.2, 0) is 17.9 Å². The normalized spacial score (nSPS) is 22.1. The Morgan fingerprint density at radius 3 is 2.53 bits per heavy atom. The van der Waals surface area contributed by atoms with E-state index in [0.29, 0.717) is 47.5 Å². The molecule has 5 aromatic rings. The highest BCUT2D eigenvalue weighted by molar-refractivity contribution is 7.09. The van der Waals surface area contributed by atoms with E-state index in [4.69, 9.17) is 30.9 Å². The fourth-order valence-electron chi connectivity index (χ4n) is 6.63. The Hall–Kier alpha value is -4.18. The van der Waals surface area contributed by atoms with E-state index in [9.17, 15) is 0 Å². The van der Waals surface area contributed by atoms with Crippen LogP contribution in [0.2, 0.25) is 5.02 Å². The second kappa shape index (κ2) is 15.2. The Balaban J connectivity index is 1.03. The number of morpholine rings is 1. The molecule has 3 atom stereocenters. The number of aromatic nitrogens is 9. The van der Waals surface area contributed by atoms with Gasteiger partial charge < -0.3 is 19.5 Å². The van der Waals surface area contributed by atoms with E-state index in [-0.39, 0.29) is 24.4 Å². The zero-order chi connectivity index (χ0) is 33.7. The van der Waals surface area contributed by atoms with Crippen molar-refractivity contribution in [3.63, 3.8) is 0 Å². The second-order valence-electron chi connectivity index (χ2n) is 12.7. The number of rotatable bonds is 12. The van der Waals surface area contributed by atoms with Crippen molar-refractivity contribution in [1.82, 2.24) is 49.8 Å². The highest BCUT2D eigenvalue weighted by atomic mass is 35.5. The lowest BCUT2D eigenvalue weighted by Crippen LogP contribution is -2.51. The first-order valence-corrected chi connectivity index (χ1v) is 17.9. The van der Waals surface area contributed by atoms with Crippen molar-refractivity contribution in [2.75, 3.05) is 18.4 Å². The van der Waals surface area contributed by atoms with Crippen LogP contribution in [0.1, 0.15) is 57.5 Å². The molecule has 1 saturated heterocycles. The highest BCUT2D eigenvalue weighted by Crippen LogP contribution is 2.36. The average Bonchev–Trinajstić information content (AvgIpc) is 3.89. The zero-order valence-electron chi connectivity index (χ0n) is 27.7. The van der Waals surface area contributed by atoms with Gasteiger partial charge in [-0.3, -0.25) is 9.58 Å². The molecule has 1 aliphatic heterocycles. The molecule has 5 heterocycles. The predicted octanol–water partition coefficient (Wildman–Crippen LogP) is 5.82. The van der Waals surface area contributed by atoms with Crippen LogP contribution in [0.5, 0.6) is 11.6 Å². The number of ether oxygens (including phenoxy) is 3. The lowest BCUT2D eigenvalue weighted by molar-refractivity contribution is -0.0852. The smallest absolute Gasteiger partial charge is 0.257 e. The zero-order valence-corrected chi connectivity index (χ0v) is 29.3. The number of thiazole rings is 1. The van der Waals surface area contributed by atoms with Crippen molar-refractivity contribution in [2.45, 2.75) is 90.0 Å². The molecule has 0 unspecified atom stereocenters. The highest BCUT2D eigenvalue weighted by Gasteiger charge is 2.32. The third kappa shape index (κ3) is 8.35. The van der Waals surface area contributed by atoms with E-state index in [2.05, 4.69) is 54.5 Å². The maximum absolute atomic E-state index is 6.47. The molecule has 0 bridgehead atoms. The second-order valence-corrected chi connectivity index (χ2v) is 14.1. The topological polar surface area (TPSA) is 143 Å². The van der Waals surface area contributed by atoms with Gasteiger partial charge in [0.2, 0.25) is 5.95 Å². The largest absolute Gasteiger partial charge is 0.487 e. The molecule has 7 rings (SSSR count). The summed E-state index contributed by atoms with van der Waals surface area (Å²) in [6.07, 6.45) is 13.6. The number of nitrogens with one attached hydrogen (secondary N) is 1. The molecule has 1 aliphatic carbocycles. The van der Waals surface area contributed by atoms with E-state index in [1.165, 1.54) is 0 Å². The molecule has 0 amide bonds. The number of tetrazole rings is 1. The molecular formula is C33H40ClN11O3S. The summed E-state index contributed by atoms with van der Waals surface area (Å²) >= 11 is 8.02. The lowest BCUT2D eigenvalue weighted by Gasteiger charge is -2.42. The molecule has 49 heavy (non-hydrogen) atoms. The van der Waals surface area contributed by atoms with E-state index in [1.54, 1.807) is 47.0 Å². The van der Waals surface area contributed by atoms with Gasteiger partial charge in [-0.15, -0.1) is 21.5 Å². The number of nitrogens with zero attached hydrogens (tertiary/aromatic N) is 10. The molecule has 16 heteroatoms. The first kappa shape index (κ1) is 33.3. The van der Waals surface area contributed by atoms with Crippen molar-refractivity contribution in [3.05, 3.63) is 64.7 Å². The quantitative estimate of drug-likeness (QED) is 0.167. The van der Waals surface area contributed by atoms with E-state index < -0.39 is 0 Å². The van der Waals surface area contributed by atoms with Crippen LogP contribution in [0, 0.1) is 0 Å². The van der Waals surface area contributed by atoms with Crippen molar-refractivity contribution in [3.8, 4) is 22.8 Å². The Bertz CT molecular complexity index is 1770. The summed E-state index contributed by atoms with van der Waals surface area (Å²) in [5.41, 5.74) is 2.40. The maximum Gasteiger partial charge on any atom is 0.257 e. The number of halogens is 1. The van der Waals surface area contributed by atoms with Crippen LogP contribution in [0.4, 0.5) is 11.6 Å². The van der Waals surface area contributed by atoms with Gasteiger partial charge >= 0.3 is 0 Å². The van der Waals surface area contributed by atoms with Gasteiger partial charge in [0.1, 0.15) is 35.5 Å². The third-order valence-corrected chi connectivity index (χ3v) is 9.91. The van der Waals surface area contributed by atoms with Crippen molar-refractivity contribution < 1.29 is 14.2 Å². The fraction of sp³-hybridized carbons (Fsp3) is 0.485. The standard InChI is InChI=1S/C33H40ClN11O3S/c1-21-15-43(16-22(2)47-21)26-5-7-27(8-6-26)45-18-29(32(40-45)46-19-31-35-10-11-49-31)39-33-36-13-25(14-37-33)24-4-9-28(34)30(12-24)48-23(3)17-44-20-38-41-42-44/h4,9-14,18,20-23,26-27H,5-8,15-17,19H2,1-3H3,(H,36,37,39)/t21-,22+,23-,26?,27?/m0/s1. The summed E-state index contributed by atoms with van der Waals surface area (Å²) in [6, 6.07) is 6.46. The van der Waals surface area contributed by atoms with Gasteiger partial charge in [0.15, 0.2) is 0 Å². The van der Waals surface area contributed by atoms with Gasteiger partial charge in [-0.2, -0.15) is 0 Å². The summed E-state index contributed by atoms with van der Waals surface area (Å²) in [6.45, 7) is 9.09. The molecule has 1 aromatic carbocycles. The molecule has 258 valence electrons. The van der Waals surface area contributed by atoms with Crippen LogP contribution >= 0.6 is 22.9 Å². The Morgan fingerprint density at radius 2 is 1.82 bits per heavy atom. The molecule has 0 spiro atoms. The number of hydrogen-bond acceptors (Lipinski definition) is 13. The van der Waals surface area contributed by atoms with Gasteiger partial charge in [-0.25, -0.2) is 19.6 Å². The first-order chi connectivity index (χ1) is 23.9. The number of anilines is 2. The van der Waals surface area contributed by atoms with Crippen LogP contribution in [0.3, 0.4) is 0 Å². The van der Waals surface area contributed by atoms with Crippen molar-refractivity contribution in [2.24, 2.45) is 0 Å². The van der Waals surface area contributed by atoms with Gasteiger partial charge in [0, 0.05) is 48.7 Å². The molecule has 2 aliphatic rings. The number of benzene rings is 1. The van der Waals surface area contributed by atoms with Gasteiger partial charge in [0.25, 0.3) is 5.88 Å². The molecule has 14 nitrogen and oxygen atoms in total. The third-order valence-electron chi connectivity index (χ3n) is 8.85. The Kier molecular flexibility index (Phi) is 10.3. The van der Waals surface area contributed by atoms with Crippen molar-refractivity contribution in [1.29, 1.82) is 0 Å². The van der Waals surface area contributed by atoms with E-state index in [1.807, 2.05) is 35.3 Å². The summed E-state index contributed by atoms with van der Waals surface area (Å²) in [7, 11) is 0. The van der Waals surface area contributed by atoms with E-state index >= 15 is 0 Å². The molecular weight excluding hydrogens is 666 g/mol. The van der Waals surface area contributed by atoms with Crippen LogP contribution in [-0.4, -0.2) is 87.3 Å². The minimum atomic E-state index is -0.209. The SMILES string of the molecule is C[C@@H]1CN(C2CCC(n3cc(Nc4ncc(-c5ccc(Cl)c(O[C@@H](C)Cn6cnnn6)c5)cn4)c(OCc4nccs4)n3)CC2)C[C@H](C)O1. The summed E-state index contributed by atoms with van der Waals surface area (Å²) in [4.78, 5) is 16.2. The van der Waals surface area contributed by atoms with Gasteiger partial charge in [-0.1, -0.05) is 17.7 Å².